The van der Waals surface area contributed by atoms with Crippen molar-refractivity contribution in [1.29, 1.82) is 0 Å². The van der Waals surface area contributed by atoms with Crippen LogP contribution in [0.15, 0.2) is 48.5 Å². The molecule has 1 heterocycles. The minimum Gasteiger partial charge on any atom is -0.356 e. The van der Waals surface area contributed by atoms with Crippen molar-refractivity contribution in [2.75, 3.05) is 18.8 Å². The largest absolute Gasteiger partial charge is 0.356 e. The van der Waals surface area contributed by atoms with Crippen molar-refractivity contribution in [1.82, 2.24) is 30.8 Å². The molecule has 3 rings (SSSR count). The van der Waals surface area contributed by atoms with Crippen LogP contribution in [0.5, 0.6) is 0 Å². The maximum atomic E-state index is 12.9. The van der Waals surface area contributed by atoms with Gasteiger partial charge in [0.05, 0.1) is 0 Å². The first-order chi connectivity index (χ1) is 17.9. The molecule has 1 atom stereocenters. The fourth-order valence-electron chi connectivity index (χ4n) is 4.20. The summed E-state index contributed by atoms with van der Waals surface area (Å²) in [5.74, 6) is 1.40. The summed E-state index contributed by atoms with van der Waals surface area (Å²) < 4.78 is 0. The van der Waals surface area contributed by atoms with E-state index in [4.69, 9.17) is 0 Å². The van der Waals surface area contributed by atoms with Gasteiger partial charge < -0.3 is 10.2 Å². The van der Waals surface area contributed by atoms with Gasteiger partial charge in [-0.3, -0.25) is 9.59 Å². The summed E-state index contributed by atoms with van der Waals surface area (Å²) >= 11 is 4.31. The number of unbranched alkanes of at least 4 members (excludes halogenated alkanes) is 1. The highest BCUT2D eigenvalue weighted by atomic mass is 32.1. The molecule has 0 radical (unpaired) electrons. The molecule has 0 saturated heterocycles. The lowest BCUT2D eigenvalue weighted by Gasteiger charge is -2.24. The third-order valence-corrected chi connectivity index (χ3v) is 6.88. The molecule has 37 heavy (non-hydrogen) atoms. The lowest BCUT2D eigenvalue weighted by Crippen LogP contribution is -2.37. The zero-order valence-corrected chi connectivity index (χ0v) is 22.9. The van der Waals surface area contributed by atoms with Crippen LogP contribution in [-0.4, -0.2) is 56.2 Å². The number of amides is 2. The zero-order valence-electron chi connectivity index (χ0n) is 22.0. The van der Waals surface area contributed by atoms with Crippen LogP contribution in [-0.2, 0) is 16.1 Å². The molecule has 3 aromatic rings. The molecule has 1 unspecified atom stereocenters. The van der Waals surface area contributed by atoms with Crippen molar-refractivity contribution in [2.24, 2.45) is 11.8 Å². The summed E-state index contributed by atoms with van der Waals surface area (Å²) in [5, 5.41) is 17.4. The highest BCUT2D eigenvalue weighted by molar-refractivity contribution is 7.80. The summed E-state index contributed by atoms with van der Waals surface area (Å²) in [7, 11) is 0. The molecule has 9 heteroatoms. The molecular weight excluding hydrogens is 484 g/mol. The fourth-order valence-corrected chi connectivity index (χ4v) is 4.79. The molecule has 0 saturated carbocycles. The molecular formula is C28H38N6O2S. The van der Waals surface area contributed by atoms with Crippen LogP contribution >= 0.6 is 12.6 Å². The third kappa shape index (κ3) is 8.15. The molecule has 0 spiro atoms. The van der Waals surface area contributed by atoms with E-state index < -0.39 is 0 Å². The number of tetrazole rings is 1. The second-order valence-corrected chi connectivity index (χ2v) is 9.94. The van der Waals surface area contributed by atoms with Gasteiger partial charge in [0.2, 0.25) is 17.6 Å². The minimum atomic E-state index is -0.102. The monoisotopic (exact) mass is 522 g/mol. The second kappa shape index (κ2) is 14.5. The molecule has 8 nitrogen and oxygen atoms in total. The average molecular weight is 523 g/mol. The average Bonchev–Trinajstić information content (AvgIpc) is 3.44. The number of rotatable bonds is 14. The maximum Gasteiger partial charge on any atom is 0.224 e. The van der Waals surface area contributed by atoms with Gasteiger partial charge in [0.25, 0.3) is 0 Å². The standard InChI is InChI=1S/C28H38N6O2S/c1-4-5-11-26(35)34(17-8-16-29-28(36)25(19-37)20(2)3)18-21-12-14-22(15-13-21)23-9-6-7-10-24(23)27-30-32-33-31-27/h6-7,9-10,12-15,20,25,37H,4-5,8,11,16-19H2,1-3H3,(H,29,36)(H,30,31,32,33). The van der Waals surface area contributed by atoms with Gasteiger partial charge in [-0.25, -0.2) is 0 Å². The van der Waals surface area contributed by atoms with Gasteiger partial charge in [0.1, 0.15) is 0 Å². The predicted molar refractivity (Wildman–Crippen MR) is 150 cm³/mol. The van der Waals surface area contributed by atoms with E-state index in [2.05, 4.69) is 69.8 Å². The van der Waals surface area contributed by atoms with Gasteiger partial charge in [-0.05, 0) is 40.7 Å². The van der Waals surface area contributed by atoms with Gasteiger partial charge in [-0.2, -0.15) is 17.8 Å². The minimum absolute atomic E-state index is 0.0329. The van der Waals surface area contributed by atoms with E-state index in [1.807, 2.05) is 43.0 Å². The Bertz CT molecular complexity index is 1120. The van der Waals surface area contributed by atoms with Gasteiger partial charge in [0, 0.05) is 43.3 Å². The Hall–Kier alpha value is -3.20. The maximum absolute atomic E-state index is 12.9. The van der Waals surface area contributed by atoms with Crippen LogP contribution < -0.4 is 5.32 Å². The smallest absolute Gasteiger partial charge is 0.224 e. The Labute approximate surface area is 225 Å². The molecule has 0 bridgehead atoms. The molecule has 2 aromatic carbocycles. The topological polar surface area (TPSA) is 104 Å². The van der Waals surface area contributed by atoms with Crippen molar-refractivity contribution in [2.45, 2.75) is 53.0 Å². The second-order valence-electron chi connectivity index (χ2n) is 9.57. The van der Waals surface area contributed by atoms with Gasteiger partial charge >= 0.3 is 0 Å². The van der Waals surface area contributed by atoms with Crippen LogP contribution in [0.25, 0.3) is 22.5 Å². The number of carbonyl (C=O) groups is 2. The van der Waals surface area contributed by atoms with Crippen LogP contribution in [0.3, 0.4) is 0 Å². The zero-order chi connectivity index (χ0) is 26.6. The molecule has 0 fully saturated rings. The van der Waals surface area contributed by atoms with Gasteiger partial charge in [-0.15, -0.1) is 10.2 Å². The Morgan fingerprint density at radius 3 is 2.41 bits per heavy atom. The summed E-state index contributed by atoms with van der Waals surface area (Å²) in [6, 6.07) is 16.2. The third-order valence-electron chi connectivity index (χ3n) is 6.49. The van der Waals surface area contributed by atoms with Crippen LogP contribution in [0.2, 0.25) is 0 Å². The molecule has 198 valence electrons. The SMILES string of the molecule is CCCCC(=O)N(CCCNC(=O)C(CS)C(C)C)Cc1ccc(-c2ccccc2-c2nn[nH]n2)cc1. The summed E-state index contributed by atoms with van der Waals surface area (Å²) in [4.78, 5) is 27.3. The molecule has 0 aliphatic carbocycles. The number of benzene rings is 2. The van der Waals surface area contributed by atoms with E-state index >= 15 is 0 Å². The number of nitrogens with one attached hydrogen (secondary N) is 2. The number of nitrogens with zero attached hydrogens (tertiary/aromatic N) is 4. The van der Waals surface area contributed by atoms with Crippen LogP contribution in [0, 0.1) is 11.8 Å². The van der Waals surface area contributed by atoms with Gasteiger partial charge in [-0.1, -0.05) is 75.7 Å². The number of aromatic nitrogens is 4. The van der Waals surface area contributed by atoms with E-state index in [9.17, 15) is 9.59 Å². The first-order valence-corrected chi connectivity index (χ1v) is 13.7. The van der Waals surface area contributed by atoms with E-state index in [1.165, 1.54) is 0 Å². The Kier molecular flexibility index (Phi) is 11.1. The molecule has 2 amide bonds. The molecule has 0 aliphatic heterocycles. The molecule has 2 N–H and O–H groups in total. The highest BCUT2D eigenvalue weighted by Gasteiger charge is 2.20. The summed E-state index contributed by atoms with van der Waals surface area (Å²) in [5.41, 5.74) is 4.02. The van der Waals surface area contributed by atoms with Crippen molar-refractivity contribution in [3.63, 3.8) is 0 Å². The van der Waals surface area contributed by atoms with E-state index in [1.54, 1.807) is 0 Å². The normalized spacial score (nSPS) is 11.9. The van der Waals surface area contributed by atoms with Crippen LogP contribution in [0.4, 0.5) is 0 Å². The Balaban J connectivity index is 1.65. The lowest BCUT2D eigenvalue weighted by molar-refractivity contribution is -0.132. The summed E-state index contributed by atoms with van der Waals surface area (Å²) in [6.45, 7) is 7.82. The fraction of sp³-hybridized carbons (Fsp3) is 0.464. The highest BCUT2D eigenvalue weighted by Crippen LogP contribution is 2.30. The van der Waals surface area contributed by atoms with Crippen LogP contribution in [0.1, 0.15) is 52.0 Å². The first kappa shape index (κ1) is 28.4. The number of hydrogen-bond donors (Lipinski definition) is 3. The number of H-pyrrole nitrogens is 1. The van der Waals surface area contributed by atoms with Crippen molar-refractivity contribution in [3.05, 3.63) is 54.1 Å². The first-order valence-electron chi connectivity index (χ1n) is 13.0. The van der Waals surface area contributed by atoms with Crippen molar-refractivity contribution < 1.29 is 9.59 Å². The lowest BCUT2D eigenvalue weighted by atomic mass is 9.97. The predicted octanol–water partition coefficient (Wildman–Crippen LogP) is 4.76. The van der Waals surface area contributed by atoms with Crippen molar-refractivity contribution >= 4 is 24.4 Å². The van der Waals surface area contributed by atoms with E-state index in [0.717, 1.165) is 35.1 Å². The van der Waals surface area contributed by atoms with Crippen molar-refractivity contribution in [3.8, 4) is 22.5 Å². The number of thiol groups is 1. The van der Waals surface area contributed by atoms with Gasteiger partial charge in [0.15, 0.2) is 0 Å². The van der Waals surface area contributed by atoms with E-state index in [-0.39, 0.29) is 23.7 Å². The molecule has 0 aliphatic rings. The number of hydrogen-bond acceptors (Lipinski definition) is 6. The number of carbonyl (C=O) groups excluding carboxylic acids is 2. The number of aromatic amines is 1. The quantitative estimate of drug-likeness (QED) is 0.209. The Morgan fingerprint density at radius 1 is 1.05 bits per heavy atom. The Morgan fingerprint density at radius 2 is 1.78 bits per heavy atom. The summed E-state index contributed by atoms with van der Waals surface area (Å²) in [6.07, 6.45) is 3.09. The van der Waals surface area contributed by atoms with E-state index in [0.29, 0.717) is 44.1 Å². The molecule has 1 aromatic heterocycles.